The molecule has 7 nitrogen and oxygen atoms in total. The molecule has 0 radical (unpaired) electrons. The Balaban J connectivity index is 1.54. The van der Waals surface area contributed by atoms with E-state index in [9.17, 15) is 9.59 Å². The van der Waals surface area contributed by atoms with Crippen LogP contribution in [0, 0.1) is 17.8 Å². The summed E-state index contributed by atoms with van der Waals surface area (Å²) < 4.78 is 7.09. The molecule has 1 aromatic heterocycles. The molecule has 4 rings (SSSR count). The molecule has 2 amide bonds. The van der Waals surface area contributed by atoms with Gasteiger partial charge >= 0.3 is 0 Å². The van der Waals surface area contributed by atoms with Gasteiger partial charge in [-0.15, -0.1) is 0 Å². The zero-order chi connectivity index (χ0) is 15.6. The van der Waals surface area contributed by atoms with Crippen LogP contribution in [0.25, 0.3) is 0 Å². The summed E-state index contributed by atoms with van der Waals surface area (Å²) in [6.45, 7) is 2.48. The zero-order valence-electron chi connectivity index (χ0n) is 13.1. The Labute approximate surface area is 128 Å². The van der Waals surface area contributed by atoms with Crippen molar-refractivity contribution in [3.05, 3.63) is 17.0 Å². The first-order valence-electron chi connectivity index (χ1n) is 7.62. The number of aromatic nitrogens is 2. The van der Waals surface area contributed by atoms with E-state index in [2.05, 4.69) is 5.10 Å². The van der Waals surface area contributed by atoms with Crippen molar-refractivity contribution in [1.29, 1.82) is 0 Å². The first kappa shape index (κ1) is 13.8. The molecule has 0 aromatic carbocycles. The first-order valence-corrected chi connectivity index (χ1v) is 7.62. The number of ether oxygens (including phenoxy) is 1. The maximum Gasteiger partial charge on any atom is 0.274 e. The molecule has 3 heterocycles. The molecule has 22 heavy (non-hydrogen) atoms. The monoisotopic (exact) mass is 304 g/mol. The van der Waals surface area contributed by atoms with Gasteiger partial charge in [-0.3, -0.25) is 14.3 Å². The molecular weight excluding hydrogens is 284 g/mol. The second-order valence-corrected chi connectivity index (χ2v) is 6.68. The molecule has 3 aliphatic rings. The number of carbonyl (C=O) groups is 2. The van der Waals surface area contributed by atoms with E-state index in [-0.39, 0.29) is 17.7 Å². The fraction of sp³-hybridized carbons (Fsp3) is 0.667. The summed E-state index contributed by atoms with van der Waals surface area (Å²) in [7, 11) is 5.26. The van der Waals surface area contributed by atoms with Gasteiger partial charge in [0.05, 0.1) is 32.0 Å². The summed E-state index contributed by atoms with van der Waals surface area (Å²) in [6, 6.07) is 0. The van der Waals surface area contributed by atoms with Gasteiger partial charge in [-0.05, 0) is 11.8 Å². The number of hydrogen-bond acceptors (Lipinski definition) is 4. The standard InChI is InChI=1S/C15H20N4O3/c1-17(2)15(21)13-8-4-19(5-11(8)18(3)16-13)14(20)12-9-6-22-7-10(9)12/h9-10,12H,4-7H2,1-3H3/t9-,10+,12?. The topological polar surface area (TPSA) is 67.7 Å². The SMILES string of the molecule is CN(C)C(=O)c1nn(C)c2c1CN(C(=O)C1[C@H]3COC[C@@H]13)C2. The Hall–Kier alpha value is -1.89. The highest BCUT2D eigenvalue weighted by molar-refractivity contribution is 5.94. The molecule has 1 unspecified atom stereocenters. The number of nitrogens with zero attached hydrogens (tertiary/aromatic N) is 4. The second kappa shape index (κ2) is 4.55. The molecule has 0 spiro atoms. The molecule has 118 valence electrons. The maximum atomic E-state index is 12.7. The van der Waals surface area contributed by atoms with Crippen LogP contribution in [-0.2, 0) is 29.7 Å². The highest BCUT2D eigenvalue weighted by atomic mass is 16.5. The Morgan fingerprint density at radius 1 is 1.23 bits per heavy atom. The minimum atomic E-state index is -0.108. The smallest absolute Gasteiger partial charge is 0.274 e. The summed E-state index contributed by atoms with van der Waals surface area (Å²) in [4.78, 5) is 28.3. The fourth-order valence-corrected chi connectivity index (χ4v) is 3.75. The Bertz CT molecular complexity index is 656. The van der Waals surface area contributed by atoms with E-state index >= 15 is 0 Å². The van der Waals surface area contributed by atoms with Gasteiger partial charge < -0.3 is 14.5 Å². The van der Waals surface area contributed by atoms with E-state index in [0.717, 1.165) is 11.3 Å². The van der Waals surface area contributed by atoms with E-state index in [0.29, 0.717) is 43.8 Å². The van der Waals surface area contributed by atoms with Gasteiger partial charge in [0.1, 0.15) is 0 Å². The minimum absolute atomic E-state index is 0.108. The van der Waals surface area contributed by atoms with Crippen LogP contribution >= 0.6 is 0 Å². The average Bonchev–Trinajstić information content (AvgIpc) is 2.91. The van der Waals surface area contributed by atoms with E-state index in [4.69, 9.17) is 4.74 Å². The molecular formula is C15H20N4O3. The third kappa shape index (κ3) is 1.81. The van der Waals surface area contributed by atoms with Crippen molar-refractivity contribution >= 4 is 11.8 Å². The summed E-state index contributed by atoms with van der Waals surface area (Å²) in [5.74, 6) is 1.05. The Morgan fingerprint density at radius 2 is 1.91 bits per heavy atom. The summed E-state index contributed by atoms with van der Waals surface area (Å²) in [6.07, 6.45) is 0. The van der Waals surface area contributed by atoms with Crippen LogP contribution in [0.15, 0.2) is 0 Å². The fourth-order valence-electron chi connectivity index (χ4n) is 3.75. The van der Waals surface area contributed by atoms with E-state index in [1.807, 2.05) is 11.9 Å². The molecule has 3 atom stereocenters. The van der Waals surface area contributed by atoms with Crippen LogP contribution in [0.2, 0.25) is 0 Å². The number of hydrogen-bond donors (Lipinski definition) is 0. The van der Waals surface area contributed by atoms with Crippen molar-refractivity contribution in [2.75, 3.05) is 27.3 Å². The lowest BCUT2D eigenvalue weighted by molar-refractivity contribution is -0.134. The molecule has 1 aromatic rings. The third-order valence-corrected chi connectivity index (χ3v) is 5.12. The van der Waals surface area contributed by atoms with Crippen molar-refractivity contribution in [1.82, 2.24) is 19.6 Å². The highest BCUT2D eigenvalue weighted by Gasteiger charge is 2.59. The van der Waals surface area contributed by atoms with Gasteiger partial charge in [-0.25, -0.2) is 0 Å². The molecule has 1 aliphatic carbocycles. The van der Waals surface area contributed by atoms with E-state index in [1.54, 1.807) is 18.8 Å². The summed E-state index contributed by atoms with van der Waals surface area (Å²) in [5, 5.41) is 4.33. The highest BCUT2D eigenvalue weighted by Crippen LogP contribution is 2.52. The lowest BCUT2D eigenvalue weighted by Gasteiger charge is -2.17. The Morgan fingerprint density at radius 3 is 2.55 bits per heavy atom. The van der Waals surface area contributed by atoms with Crippen LogP contribution in [0.5, 0.6) is 0 Å². The normalized spacial score (nSPS) is 28.5. The first-order chi connectivity index (χ1) is 10.5. The lowest BCUT2D eigenvalue weighted by atomic mass is 10.2. The molecule has 0 bridgehead atoms. The van der Waals surface area contributed by atoms with E-state index in [1.165, 1.54) is 4.90 Å². The number of carbonyl (C=O) groups excluding carboxylic acids is 2. The largest absolute Gasteiger partial charge is 0.381 e. The van der Waals surface area contributed by atoms with Crippen LogP contribution < -0.4 is 0 Å². The maximum absolute atomic E-state index is 12.7. The van der Waals surface area contributed by atoms with Crippen LogP contribution in [-0.4, -0.2) is 58.7 Å². The number of aryl methyl sites for hydroxylation is 1. The van der Waals surface area contributed by atoms with Crippen LogP contribution in [0.1, 0.15) is 21.7 Å². The molecule has 7 heteroatoms. The van der Waals surface area contributed by atoms with Gasteiger partial charge in [-0.2, -0.15) is 5.10 Å². The number of amides is 2. The second-order valence-electron chi connectivity index (χ2n) is 6.68. The van der Waals surface area contributed by atoms with Crippen LogP contribution in [0.3, 0.4) is 0 Å². The van der Waals surface area contributed by atoms with Gasteiger partial charge in [0, 0.05) is 32.6 Å². The van der Waals surface area contributed by atoms with Crippen molar-refractivity contribution in [3.8, 4) is 0 Å². The molecule has 2 aliphatic heterocycles. The van der Waals surface area contributed by atoms with E-state index < -0.39 is 0 Å². The van der Waals surface area contributed by atoms with Gasteiger partial charge in [0.15, 0.2) is 5.69 Å². The van der Waals surface area contributed by atoms with Crippen LogP contribution in [0.4, 0.5) is 0 Å². The number of rotatable bonds is 2. The van der Waals surface area contributed by atoms with Gasteiger partial charge in [-0.1, -0.05) is 0 Å². The van der Waals surface area contributed by atoms with Crippen molar-refractivity contribution < 1.29 is 14.3 Å². The molecule has 0 N–H and O–H groups in total. The third-order valence-electron chi connectivity index (χ3n) is 5.12. The molecule has 1 saturated heterocycles. The molecule has 1 saturated carbocycles. The summed E-state index contributed by atoms with van der Waals surface area (Å²) >= 11 is 0. The Kier molecular flexibility index (Phi) is 2.84. The average molecular weight is 304 g/mol. The lowest BCUT2D eigenvalue weighted by Crippen LogP contribution is -2.30. The number of fused-ring (bicyclic) bond motifs is 2. The summed E-state index contributed by atoms with van der Waals surface area (Å²) in [5.41, 5.74) is 2.34. The molecule has 2 fully saturated rings. The predicted molar refractivity (Wildman–Crippen MR) is 76.8 cm³/mol. The van der Waals surface area contributed by atoms with Crippen molar-refractivity contribution in [2.45, 2.75) is 13.1 Å². The minimum Gasteiger partial charge on any atom is -0.381 e. The van der Waals surface area contributed by atoms with Gasteiger partial charge in [0.2, 0.25) is 5.91 Å². The van der Waals surface area contributed by atoms with Gasteiger partial charge in [0.25, 0.3) is 5.91 Å². The van der Waals surface area contributed by atoms with Crippen molar-refractivity contribution in [2.24, 2.45) is 24.8 Å². The zero-order valence-corrected chi connectivity index (χ0v) is 13.1. The van der Waals surface area contributed by atoms with Crippen molar-refractivity contribution in [3.63, 3.8) is 0 Å². The predicted octanol–water partition coefficient (Wildman–Crippen LogP) is -0.143. The quantitative estimate of drug-likeness (QED) is 0.762.